The molecule has 2 aromatic carbocycles. The summed E-state index contributed by atoms with van der Waals surface area (Å²) in [6, 6.07) is 11.4. The van der Waals surface area contributed by atoms with E-state index in [1.54, 1.807) is 34.9 Å². The first-order chi connectivity index (χ1) is 17.0. The first-order valence-corrected chi connectivity index (χ1v) is 11.6. The maximum atomic E-state index is 14.4. The van der Waals surface area contributed by atoms with Crippen molar-refractivity contribution in [3.8, 4) is 5.75 Å². The normalized spacial score (nSPS) is 20.5. The Morgan fingerprint density at radius 1 is 1.11 bits per heavy atom. The van der Waals surface area contributed by atoms with Gasteiger partial charge in [-0.05, 0) is 61.2 Å². The molecule has 0 bridgehead atoms. The molecule has 0 radical (unpaired) electrons. The molecular formula is C25H23FN4O5. The number of fused-ring (bicyclic) bond motifs is 1. The molecule has 0 saturated carbocycles. The van der Waals surface area contributed by atoms with Crippen molar-refractivity contribution in [1.82, 2.24) is 9.88 Å². The number of halogens is 1. The second-order valence-corrected chi connectivity index (χ2v) is 8.99. The summed E-state index contributed by atoms with van der Waals surface area (Å²) in [6.07, 6.45) is 0.291. The number of carbonyl (C=O) groups is 2. The molecule has 3 aliphatic rings. The van der Waals surface area contributed by atoms with E-state index in [4.69, 9.17) is 9.47 Å². The van der Waals surface area contributed by atoms with Crippen LogP contribution in [0.4, 0.5) is 20.6 Å². The maximum absolute atomic E-state index is 14.4. The minimum Gasteiger partial charge on any atom is -0.482 e. The zero-order chi connectivity index (χ0) is 24.1. The second kappa shape index (κ2) is 8.38. The zero-order valence-corrected chi connectivity index (χ0v) is 18.8. The van der Waals surface area contributed by atoms with Crippen molar-refractivity contribution in [2.75, 3.05) is 36.5 Å². The lowest BCUT2D eigenvalue weighted by Gasteiger charge is -2.20. The Bertz CT molecular complexity index is 1420. The summed E-state index contributed by atoms with van der Waals surface area (Å²) in [7, 11) is 0. The summed E-state index contributed by atoms with van der Waals surface area (Å²) in [6.45, 7) is 1.42. The molecule has 180 valence electrons. The van der Waals surface area contributed by atoms with Crippen molar-refractivity contribution in [3.05, 3.63) is 64.2 Å². The van der Waals surface area contributed by atoms with E-state index in [1.807, 2.05) is 0 Å². The number of pyridine rings is 1. The number of benzene rings is 2. The molecular weight excluding hydrogens is 455 g/mol. The molecule has 3 aliphatic heterocycles. The molecule has 9 nitrogen and oxygen atoms in total. The fourth-order valence-corrected chi connectivity index (χ4v) is 5.10. The van der Waals surface area contributed by atoms with Crippen LogP contribution < -0.4 is 25.8 Å². The molecule has 0 aliphatic carbocycles. The van der Waals surface area contributed by atoms with Gasteiger partial charge in [-0.25, -0.2) is 9.18 Å². The number of hydrogen-bond donors (Lipinski definition) is 2. The van der Waals surface area contributed by atoms with Crippen LogP contribution in [0.15, 0.2) is 47.3 Å². The Kier molecular flexibility index (Phi) is 5.18. The fourth-order valence-electron chi connectivity index (χ4n) is 5.10. The van der Waals surface area contributed by atoms with Gasteiger partial charge in [0.2, 0.25) is 0 Å². The SMILES string of the molecule is O=C1COc2ccc(N3C[C@@H](CCNC[C@H]4Cc5c(F)ccc6ccc(=O)n4c56)OC3=O)cc2N1. The zero-order valence-electron chi connectivity index (χ0n) is 18.8. The average molecular weight is 478 g/mol. The highest BCUT2D eigenvalue weighted by Crippen LogP contribution is 2.34. The predicted molar refractivity (Wildman–Crippen MR) is 127 cm³/mol. The number of anilines is 2. The van der Waals surface area contributed by atoms with Crippen molar-refractivity contribution >= 4 is 34.3 Å². The molecule has 10 heteroatoms. The Labute approximate surface area is 199 Å². The van der Waals surface area contributed by atoms with Crippen molar-refractivity contribution in [1.29, 1.82) is 0 Å². The molecule has 4 heterocycles. The van der Waals surface area contributed by atoms with E-state index in [-0.39, 0.29) is 36.0 Å². The van der Waals surface area contributed by atoms with E-state index in [0.29, 0.717) is 60.7 Å². The number of aromatic nitrogens is 1. The summed E-state index contributed by atoms with van der Waals surface area (Å²) in [5, 5.41) is 6.93. The molecule has 1 saturated heterocycles. The highest BCUT2D eigenvalue weighted by Gasteiger charge is 2.33. The summed E-state index contributed by atoms with van der Waals surface area (Å²) >= 11 is 0. The van der Waals surface area contributed by atoms with Crippen LogP contribution in [0.1, 0.15) is 18.0 Å². The van der Waals surface area contributed by atoms with E-state index in [9.17, 15) is 18.8 Å². The van der Waals surface area contributed by atoms with Gasteiger partial charge in [-0.1, -0.05) is 0 Å². The first kappa shape index (κ1) is 21.6. The quantitative estimate of drug-likeness (QED) is 0.528. The van der Waals surface area contributed by atoms with Crippen molar-refractivity contribution in [2.45, 2.75) is 25.0 Å². The van der Waals surface area contributed by atoms with Gasteiger partial charge in [-0.2, -0.15) is 0 Å². The number of hydrogen-bond acceptors (Lipinski definition) is 6. The van der Waals surface area contributed by atoms with Crippen LogP contribution in [-0.2, 0) is 16.0 Å². The highest BCUT2D eigenvalue weighted by atomic mass is 19.1. The Hall–Kier alpha value is -3.92. The number of cyclic esters (lactones) is 1. The fraction of sp³-hybridized carbons (Fsp3) is 0.320. The van der Waals surface area contributed by atoms with Gasteiger partial charge in [0.25, 0.3) is 11.5 Å². The Morgan fingerprint density at radius 2 is 1.97 bits per heavy atom. The van der Waals surface area contributed by atoms with Gasteiger partial charge in [-0.3, -0.25) is 14.5 Å². The number of ether oxygens (including phenoxy) is 2. The molecule has 3 aromatic rings. The molecule has 1 fully saturated rings. The van der Waals surface area contributed by atoms with E-state index < -0.39 is 6.09 Å². The summed E-state index contributed by atoms with van der Waals surface area (Å²) in [5.74, 6) is 0.0326. The number of nitrogens with zero attached hydrogens (tertiary/aromatic N) is 2. The van der Waals surface area contributed by atoms with Crippen LogP contribution in [0.25, 0.3) is 10.9 Å². The van der Waals surface area contributed by atoms with Gasteiger partial charge in [0.15, 0.2) is 6.61 Å². The molecule has 0 unspecified atom stereocenters. The number of carbonyl (C=O) groups excluding carboxylic acids is 2. The van der Waals surface area contributed by atoms with Crippen LogP contribution in [-0.4, -0.2) is 48.9 Å². The van der Waals surface area contributed by atoms with E-state index in [0.717, 1.165) is 5.39 Å². The largest absolute Gasteiger partial charge is 0.482 e. The number of rotatable bonds is 6. The maximum Gasteiger partial charge on any atom is 0.414 e. The summed E-state index contributed by atoms with van der Waals surface area (Å²) < 4.78 is 26.9. The van der Waals surface area contributed by atoms with Gasteiger partial charge < -0.3 is 24.7 Å². The van der Waals surface area contributed by atoms with Crippen molar-refractivity contribution < 1.29 is 23.5 Å². The van der Waals surface area contributed by atoms with Crippen LogP contribution in [0, 0.1) is 5.82 Å². The van der Waals surface area contributed by atoms with Crippen molar-refractivity contribution in [3.63, 3.8) is 0 Å². The van der Waals surface area contributed by atoms with Crippen LogP contribution in [0.2, 0.25) is 0 Å². The average Bonchev–Trinajstić information content (AvgIpc) is 3.42. The lowest BCUT2D eigenvalue weighted by molar-refractivity contribution is -0.118. The number of nitrogens with one attached hydrogen (secondary N) is 2. The standard InChI is InChI=1S/C25H23FN4O5/c26-19-4-1-14-2-6-23(32)30-16(9-18(19)24(14)30)11-27-8-7-17-12-29(25(33)35-17)15-3-5-21-20(10-15)28-22(31)13-34-21/h1-6,10,16-17,27H,7-9,11-13H2,(H,28,31)/t16-,17-/m1/s1. The van der Waals surface area contributed by atoms with E-state index in [2.05, 4.69) is 10.6 Å². The summed E-state index contributed by atoms with van der Waals surface area (Å²) in [5.41, 5.74) is 2.26. The lowest BCUT2D eigenvalue weighted by atomic mass is 10.1. The van der Waals surface area contributed by atoms with Gasteiger partial charge >= 0.3 is 6.09 Å². The van der Waals surface area contributed by atoms with Gasteiger partial charge in [0, 0.05) is 23.9 Å². The molecule has 1 aromatic heterocycles. The van der Waals surface area contributed by atoms with Crippen molar-refractivity contribution in [2.24, 2.45) is 0 Å². The van der Waals surface area contributed by atoms with E-state index in [1.165, 1.54) is 17.0 Å². The van der Waals surface area contributed by atoms with E-state index >= 15 is 0 Å². The van der Waals surface area contributed by atoms with Gasteiger partial charge in [-0.15, -0.1) is 0 Å². The first-order valence-electron chi connectivity index (χ1n) is 11.6. The molecule has 2 amide bonds. The summed E-state index contributed by atoms with van der Waals surface area (Å²) in [4.78, 5) is 38.1. The Balaban J connectivity index is 1.06. The lowest BCUT2D eigenvalue weighted by Crippen LogP contribution is -2.32. The molecule has 2 atom stereocenters. The topological polar surface area (TPSA) is 102 Å². The monoisotopic (exact) mass is 478 g/mol. The van der Waals surface area contributed by atoms with Crippen LogP contribution in [0.5, 0.6) is 5.75 Å². The van der Waals surface area contributed by atoms with Gasteiger partial charge in [0.1, 0.15) is 17.7 Å². The number of amides is 2. The smallest absolute Gasteiger partial charge is 0.414 e. The molecule has 6 rings (SSSR count). The minimum absolute atomic E-state index is 0.0289. The minimum atomic E-state index is -0.446. The van der Waals surface area contributed by atoms with Gasteiger partial charge in [0.05, 0.1) is 23.8 Å². The third-order valence-corrected chi connectivity index (χ3v) is 6.75. The molecule has 2 N–H and O–H groups in total. The highest BCUT2D eigenvalue weighted by molar-refractivity contribution is 5.97. The predicted octanol–water partition coefficient (Wildman–Crippen LogP) is 2.57. The van der Waals surface area contributed by atoms with Crippen LogP contribution in [0.3, 0.4) is 0 Å². The molecule has 35 heavy (non-hydrogen) atoms. The third kappa shape index (κ3) is 3.79. The van der Waals surface area contributed by atoms with Crippen LogP contribution >= 0.6 is 0 Å². The Morgan fingerprint density at radius 3 is 2.86 bits per heavy atom. The molecule has 0 spiro atoms. The second-order valence-electron chi connectivity index (χ2n) is 8.99. The third-order valence-electron chi connectivity index (χ3n) is 6.75.